The number of nitrogens with zero attached hydrogens (tertiary/aromatic N) is 3. The van der Waals surface area contributed by atoms with Crippen molar-refractivity contribution in [2.24, 2.45) is 0 Å². The van der Waals surface area contributed by atoms with Gasteiger partial charge < -0.3 is 9.67 Å². The summed E-state index contributed by atoms with van der Waals surface area (Å²) in [5, 5.41) is 13.6. The van der Waals surface area contributed by atoms with Crippen molar-refractivity contribution >= 4 is 21.8 Å². The number of phenols is 1. The molecule has 70 heavy (non-hydrogen) atoms. The second-order valence-corrected chi connectivity index (χ2v) is 22.3. The van der Waals surface area contributed by atoms with Crippen LogP contribution in [0.5, 0.6) is 5.75 Å². The lowest BCUT2D eigenvalue weighted by Crippen LogP contribution is -2.16. The summed E-state index contributed by atoms with van der Waals surface area (Å²) in [6, 6.07) is 60.9. The maximum atomic E-state index is 11.1. The molecule has 4 nitrogen and oxygen atoms in total. The van der Waals surface area contributed by atoms with E-state index < -0.39 is 0 Å². The van der Waals surface area contributed by atoms with E-state index in [1.165, 1.54) is 66.4 Å². The van der Waals surface area contributed by atoms with E-state index in [1.54, 1.807) is 6.07 Å². The molecule has 3 aromatic heterocycles. The SMILES string of the molecule is Cc1cc(-n2c3ccccc3c3cccc(-c4ccnc(-c5cccc(-c6cc(-c7cc(C(C)(C)C)cc(C(C)(C)C)c7)cc(-c7ccccc7O)n6)c5)c4)c32)c(C)cc1-c1ccc(C(C)(C)C)cc1. The van der Waals surface area contributed by atoms with E-state index in [0.717, 1.165) is 44.8 Å². The van der Waals surface area contributed by atoms with Crippen LogP contribution in [0.25, 0.3) is 94.6 Å². The van der Waals surface area contributed by atoms with Crippen LogP contribution in [0.2, 0.25) is 0 Å². The Morgan fingerprint density at radius 2 is 0.986 bits per heavy atom. The fourth-order valence-corrected chi connectivity index (χ4v) is 9.93. The number of hydrogen-bond donors (Lipinski definition) is 1. The molecule has 0 fully saturated rings. The zero-order chi connectivity index (χ0) is 49.3. The van der Waals surface area contributed by atoms with Gasteiger partial charge in [0.05, 0.1) is 28.1 Å². The van der Waals surface area contributed by atoms with Crippen LogP contribution in [0.4, 0.5) is 0 Å². The van der Waals surface area contributed by atoms with Crippen molar-refractivity contribution < 1.29 is 5.11 Å². The van der Waals surface area contributed by atoms with Gasteiger partial charge in [-0.3, -0.25) is 4.98 Å². The summed E-state index contributed by atoms with van der Waals surface area (Å²) < 4.78 is 2.47. The van der Waals surface area contributed by atoms with Crippen molar-refractivity contribution in [2.75, 3.05) is 0 Å². The number of aryl methyl sites for hydroxylation is 2. The van der Waals surface area contributed by atoms with Gasteiger partial charge in [-0.1, -0.05) is 172 Å². The number of pyridine rings is 2. The van der Waals surface area contributed by atoms with Gasteiger partial charge in [-0.15, -0.1) is 0 Å². The van der Waals surface area contributed by atoms with Crippen molar-refractivity contribution in [3.05, 3.63) is 204 Å². The Morgan fingerprint density at radius 1 is 0.400 bits per heavy atom. The molecule has 7 aromatic carbocycles. The summed E-state index contributed by atoms with van der Waals surface area (Å²) >= 11 is 0. The van der Waals surface area contributed by atoms with E-state index in [-0.39, 0.29) is 22.0 Å². The van der Waals surface area contributed by atoms with E-state index in [1.807, 2.05) is 24.4 Å². The molecule has 348 valence electrons. The minimum absolute atomic E-state index is 0.0479. The van der Waals surface area contributed by atoms with Crippen molar-refractivity contribution in [1.29, 1.82) is 0 Å². The molecule has 1 N–H and O–H groups in total. The molecular weight excluding hydrogens is 851 g/mol. The maximum absolute atomic E-state index is 11.1. The summed E-state index contributed by atoms with van der Waals surface area (Å²) in [6.45, 7) is 24.9. The number of para-hydroxylation sites is 3. The molecule has 0 spiro atoms. The number of benzene rings is 7. The molecule has 0 aliphatic rings. The van der Waals surface area contributed by atoms with Gasteiger partial charge in [-0.2, -0.15) is 0 Å². The number of rotatable bonds is 7. The lowest BCUT2D eigenvalue weighted by Gasteiger charge is -2.26. The van der Waals surface area contributed by atoms with E-state index in [4.69, 9.17) is 9.97 Å². The van der Waals surface area contributed by atoms with Crippen LogP contribution in [0.1, 0.15) is 90.1 Å². The first-order chi connectivity index (χ1) is 33.3. The van der Waals surface area contributed by atoms with E-state index in [0.29, 0.717) is 11.3 Å². The molecule has 0 atom stereocenters. The third-order valence-corrected chi connectivity index (χ3v) is 14.1. The topological polar surface area (TPSA) is 50.9 Å². The smallest absolute Gasteiger partial charge is 0.124 e. The first kappa shape index (κ1) is 46.2. The highest BCUT2D eigenvalue weighted by Gasteiger charge is 2.24. The van der Waals surface area contributed by atoms with Crippen molar-refractivity contribution in [1.82, 2.24) is 14.5 Å². The Morgan fingerprint density at radius 3 is 1.69 bits per heavy atom. The molecule has 0 radical (unpaired) electrons. The highest BCUT2D eigenvalue weighted by Crippen LogP contribution is 2.42. The second-order valence-electron chi connectivity index (χ2n) is 22.3. The lowest BCUT2D eigenvalue weighted by molar-refractivity contribution is 0.477. The predicted molar refractivity (Wildman–Crippen MR) is 296 cm³/mol. The van der Waals surface area contributed by atoms with Crippen molar-refractivity contribution in [2.45, 2.75) is 92.4 Å². The monoisotopic (exact) mass is 913 g/mol. The van der Waals surface area contributed by atoms with Gasteiger partial charge in [0, 0.05) is 44.9 Å². The number of hydrogen-bond acceptors (Lipinski definition) is 3. The van der Waals surface area contributed by atoms with E-state index in [9.17, 15) is 5.11 Å². The van der Waals surface area contributed by atoms with Gasteiger partial charge in [0.25, 0.3) is 0 Å². The van der Waals surface area contributed by atoms with Gasteiger partial charge in [0.1, 0.15) is 5.75 Å². The normalized spacial score (nSPS) is 12.3. The summed E-state index contributed by atoms with van der Waals surface area (Å²) in [7, 11) is 0. The first-order valence-corrected chi connectivity index (χ1v) is 24.6. The Hall–Kier alpha value is -7.56. The van der Waals surface area contributed by atoms with Crippen LogP contribution in [0, 0.1) is 13.8 Å². The zero-order valence-corrected chi connectivity index (χ0v) is 42.5. The molecule has 0 bridgehead atoms. The van der Waals surface area contributed by atoms with Gasteiger partial charge in [-0.05, 0) is 146 Å². The van der Waals surface area contributed by atoms with Crippen molar-refractivity contribution in [3.8, 4) is 78.6 Å². The predicted octanol–water partition coefficient (Wildman–Crippen LogP) is 17.8. The Kier molecular flexibility index (Phi) is 11.5. The van der Waals surface area contributed by atoms with Crippen LogP contribution in [0.15, 0.2) is 176 Å². The fourth-order valence-electron chi connectivity index (χ4n) is 9.93. The highest BCUT2D eigenvalue weighted by molar-refractivity contribution is 6.14. The summed E-state index contributed by atoms with van der Waals surface area (Å²) in [6.07, 6.45) is 1.93. The van der Waals surface area contributed by atoms with Crippen LogP contribution < -0.4 is 0 Å². The maximum Gasteiger partial charge on any atom is 0.124 e. The Labute approximate surface area is 414 Å². The molecule has 0 aliphatic heterocycles. The highest BCUT2D eigenvalue weighted by atomic mass is 16.3. The summed E-state index contributed by atoms with van der Waals surface area (Å²) in [5.41, 5.74) is 21.8. The van der Waals surface area contributed by atoms with Gasteiger partial charge in [0.15, 0.2) is 0 Å². The minimum Gasteiger partial charge on any atom is -0.507 e. The quantitative estimate of drug-likeness (QED) is 0.173. The van der Waals surface area contributed by atoms with Crippen LogP contribution in [-0.2, 0) is 16.2 Å². The molecule has 10 aromatic rings. The third kappa shape index (κ3) is 8.73. The average Bonchev–Trinajstić information content (AvgIpc) is 3.68. The molecule has 4 heteroatoms. The van der Waals surface area contributed by atoms with Gasteiger partial charge >= 0.3 is 0 Å². The van der Waals surface area contributed by atoms with Crippen LogP contribution in [0.3, 0.4) is 0 Å². The second kappa shape index (κ2) is 17.4. The van der Waals surface area contributed by atoms with Crippen LogP contribution in [-0.4, -0.2) is 19.6 Å². The lowest BCUT2D eigenvalue weighted by atomic mass is 9.79. The van der Waals surface area contributed by atoms with Crippen LogP contribution >= 0.6 is 0 Å². The number of phenolic OH excluding ortho intramolecular Hbond substituents is 1. The zero-order valence-electron chi connectivity index (χ0n) is 42.5. The number of aromatic hydroxyl groups is 1. The summed E-state index contributed by atoms with van der Waals surface area (Å²) in [4.78, 5) is 10.3. The molecule has 0 amide bonds. The largest absolute Gasteiger partial charge is 0.507 e. The number of fused-ring (bicyclic) bond motifs is 3. The molecule has 0 aliphatic carbocycles. The molecule has 0 saturated heterocycles. The summed E-state index contributed by atoms with van der Waals surface area (Å²) in [5.74, 6) is 0.199. The van der Waals surface area contributed by atoms with Gasteiger partial charge in [0.2, 0.25) is 0 Å². The molecule has 10 rings (SSSR count). The van der Waals surface area contributed by atoms with E-state index in [2.05, 4.69) is 226 Å². The minimum atomic E-state index is -0.0479. The molecule has 3 heterocycles. The average molecular weight is 914 g/mol. The fraction of sp³-hybridized carbons (Fsp3) is 0.212. The Bertz CT molecular complexity index is 3590. The molecular formula is C66H63N3O. The van der Waals surface area contributed by atoms with Crippen molar-refractivity contribution in [3.63, 3.8) is 0 Å². The molecule has 0 unspecified atom stereocenters. The number of aromatic nitrogens is 3. The third-order valence-electron chi connectivity index (χ3n) is 14.1. The standard InChI is InChI=1S/C66H63N3O/c1-41-33-61(42(2)32-56(41)43-26-28-49(29-27-43)64(3,4)5)69-60-24-14-12-20-53(60)54-23-17-22-52(63(54)69)44-30-31-67-57(37-44)45-18-16-19-46(34-45)58-38-48(39-59(68-58)55-21-13-15-25-62(55)70)47-35-50(65(6,7)8)40-51(36-47)66(9,10)11/h12-40,70H,1-11H3. The first-order valence-electron chi connectivity index (χ1n) is 24.6. The molecule has 0 saturated carbocycles. The Balaban J connectivity index is 1.09. The van der Waals surface area contributed by atoms with Gasteiger partial charge in [-0.25, -0.2) is 4.98 Å². The van der Waals surface area contributed by atoms with E-state index >= 15 is 0 Å².